The van der Waals surface area contributed by atoms with Crippen LogP contribution in [0.3, 0.4) is 0 Å². The van der Waals surface area contributed by atoms with Crippen LogP contribution in [0.15, 0.2) is 73.1 Å². The van der Waals surface area contributed by atoms with Gasteiger partial charge in [0.15, 0.2) is 0 Å². The smallest absolute Gasteiger partial charge is 0.383 e. The van der Waals surface area contributed by atoms with Crippen molar-refractivity contribution in [3.63, 3.8) is 0 Å². The number of halogens is 3. The van der Waals surface area contributed by atoms with E-state index in [-0.39, 0.29) is 72.4 Å². The van der Waals surface area contributed by atoms with Crippen LogP contribution >= 0.6 is 0 Å². The molecule has 1 aliphatic carbocycles. The van der Waals surface area contributed by atoms with Gasteiger partial charge in [0.2, 0.25) is 17.7 Å². The van der Waals surface area contributed by atoms with Crippen molar-refractivity contribution in [3.8, 4) is 11.3 Å². The van der Waals surface area contributed by atoms with Gasteiger partial charge in [-0.05, 0) is 119 Å². The molecular formula is C53H58F3N11O6. The van der Waals surface area contributed by atoms with Crippen molar-refractivity contribution in [2.45, 2.75) is 102 Å². The number of nitrogens with zero attached hydrogens (tertiary/aromatic N) is 7. The highest BCUT2D eigenvalue weighted by atomic mass is 19.4. The summed E-state index contributed by atoms with van der Waals surface area (Å²) in [7, 11) is 0. The van der Waals surface area contributed by atoms with Crippen LogP contribution in [0.2, 0.25) is 0 Å². The number of anilines is 3. The van der Waals surface area contributed by atoms with Gasteiger partial charge in [-0.25, -0.2) is 14.8 Å². The molecule has 4 aliphatic rings. The van der Waals surface area contributed by atoms with E-state index < -0.39 is 23.7 Å². The molecule has 2 aromatic carbocycles. The van der Waals surface area contributed by atoms with Gasteiger partial charge in [0, 0.05) is 85.4 Å². The van der Waals surface area contributed by atoms with Gasteiger partial charge < -0.3 is 26.2 Å². The largest absolute Gasteiger partial charge is 0.416 e. The van der Waals surface area contributed by atoms with E-state index in [9.17, 15) is 41.9 Å². The molecule has 73 heavy (non-hydrogen) atoms. The van der Waals surface area contributed by atoms with Gasteiger partial charge in [0.25, 0.3) is 11.8 Å². The number of pyridine rings is 2. The third-order valence-electron chi connectivity index (χ3n) is 14.4. The van der Waals surface area contributed by atoms with Crippen LogP contribution in [0, 0.1) is 12.8 Å². The van der Waals surface area contributed by atoms with E-state index in [0.717, 1.165) is 73.5 Å². The number of hydrogen-bond acceptors (Lipinski definition) is 10. The number of benzene rings is 2. The Hall–Kier alpha value is -7.64. The Morgan fingerprint density at radius 1 is 0.877 bits per heavy atom. The monoisotopic (exact) mass is 1000 g/mol. The topological polar surface area (TPSA) is 218 Å². The highest BCUT2D eigenvalue weighted by molar-refractivity contribution is 6.07. The summed E-state index contributed by atoms with van der Waals surface area (Å²) in [5, 5.41) is 13.8. The average Bonchev–Trinajstić information content (AvgIpc) is 3.78. The van der Waals surface area contributed by atoms with E-state index >= 15 is 0 Å². The first-order valence-electron chi connectivity index (χ1n) is 25.0. The Balaban J connectivity index is 0.828. The second-order valence-electron chi connectivity index (χ2n) is 19.4. The molecule has 2 atom stereocenters. The predicted molar refractivity (Wildman–Crippen MR) is 268 cm³/mol. The number of fused-ring (bicyclic) bond motifs is 3. The highest BCUT2D eigenvalue weighted by Gasteiger charge is 2.33. The van der Waals surface area contributed by atoms with Crippen LogP contribution < -0.4 is 26.6 Å². The molecule has 1 saturated carbocycles. The lowest BCUT2D eigenvalue weighted by molar-refractivity contribution is -0.137. The molecule has 0 radical (unpaired) electrons. The number of allylic oxidation sites excluding steroid dienone is 1. The van der Waals surface area contributed by atoms with Gasteiger partial charge in [-0.2, -0.15) is 18.3 Å². The summed E-state index contributed by atoms with van der Waals surface area (Å²) < 4.78 is 41.8. The molecule has 5 aromatic rings. The first-order valence-corrected chi connectivity index (χ1v) is 25.0. The number of hydrogen-bond donors (Lipinski definition) is 4. The number of carbonyl (C=O) groups excluding carboxylic acids is 6. The second kappa shape index (κ2) is 21.6. The molecule has 17 nitrogen and oxygen atoms in total. The summed E-state index contributed by atoms with van der Waals surface area (Å²) in [5.41, 5.74) is 10.6. The third-order valence-corrected chi connectivity index (χ3v) is 14.4. The minimum atomic E-state index is -4.59. The van der Waals surface area contributed by atoms with E-state index in [1.54, 1.807) is 47.5 Å². The summed E-state index contributed by atoms with van der Waals surface area (Å²) in [5.74, 6) is -0.978. The molecular weight excluding hydrogens is 944 g/mol. The zero-order chi connectivity index (χ0) is 51.4. The maximum atomic E-state index is 13.8. The van der Waals surface area contributed by atoms with E-state index in [2.05, 4.69) is 25.9 Å². The molecule has 3 aromatic heterocycles. The third kappa shape index (κ3) is 11.5. The normalized spacial score (nSPS) is 19.7. The molecule has 6 heterocycles. The number of rotatable bonds is 9. The molecule has 2 saturated heterocycles. The van der Waals surface area contributed by atoms with Crippen molar-refractivity contribution in [2.75, 3.05) is 48.7 Å². The number of piperidine rings is 1. The van der Waals surface area contributed by atoms with Crippen molar-refractivity contribution >= 4 is 69.9 Å². The maximum Gasteiger partial charge on any atom is 0.416 e. The van der Waals surface area contributed by atoms with E-state index in [0.29, 0.717) is 85.6 Å². The number of carbonyl (C=O) groups is 6. The summed E-state index contributed by atoms with van der Waals surface area (Å²) in [6.07, 6.45) is 9.87. The fourth-order valence-electron chi connectivity index (χ4n) is 10.5. The number of nitrogens with one attached hydrogen (secondary N) is 3. The summed E-state index contributed by atoms with van der Waals surface area (Å²) in [6, 6.07) is 12.6. The van der Waals surface area contributed by atoms with Crippen molar-refractivity contribution in [2.24, 2.45) is 5.92 Å². The molecule has 0 spiro atoms. The van der Waals surface area contributed by atoms with Crippen LogP contribution in [0.4, 0.5) is 35.3 Å². The molecule has 2 bridgehead atoms. The van der Waals surface area contributed by atoms with E-state index in [1.165, 1.54) is 4.90 Å². The number of alkyl halides is 3. The molecule has 5 N–H and O–H groups in total. The van der Waals surface area contributed by atoms with Gasteiger partial charge in [0.05, 0.1) is 29.1 Å². The summed E-state index contributed by atoms with van der Waals surface area (Å²) >= 11 is 0. The minimum absolute atomic E-state index is 0.0488. The molecule has 382 valence electrons. The lowest BCUT2D eigenvalue weighted by Crippen LogP contribution is -2.49. The van der Waals surface area contributed by atoms with Crippen molar-refractivity contribution in [1.82, 2.24) is 40.2 Å². The standard InChI is InChI=1S/C53H58F3N11O6/c1-32-12-13-36(27-41(32)66-26-21-43(68)62-52(66)73)51(72)64-24-19-33(20-25-64)7-5-11-45(70)65-23-4-2-3-8-37-30-59-49(57)46-47(63-67(48(37)46)40-10-6-9-39(29-40)60-44(69)31-65)34-14-16-35(17-15-34)50(71)61-42-28-38(18-22-58-42)53(54,55)56/h3,8,12-18,22,27-28,30,33,39-40H,2,4-7,9-11,19-21,23-26,29,31H2,1H3,(H2,57,59)(H,60,69)(H,58,61,71)(H,62,68,73)/b8-3+/t39-,40-/m1/s1. The number of imide groups is 1. The zero-order valence-corrected chi connectivity index (χ0v) is 40.5. The van der Waals surface area contributed by atoms with Gasteiger partial charge in [-0.1, -0.05) is 30.4 Å². The fourth-order valence-corrected chi connectivity index (χ4v) is 10.5. The van der Waals surface area contributed by atoms with Crippen LogP contribution in [0.25, 0.3) is 28.2 Å². The van der Waals surface area contributed by atoms with E-state index in [4.69, 9.17) is 10.8 Å². The zero-order valence-electron chi connectivity index (χ0n) is 40.5. The van der Waals surface area contributed by atoms with Crippen molar-refractivity contribution in [1.29, 1.82) is 0 Å². The van der Waals surface area contributed by atoms with Crippen molar-refractivity contribution in [3.05, 3.63) is 101 Å². The average molecular weight is 1000 g/mol. The second-order valence-corrected chi connectivity index (χ2v) is 19.4. The van der Waals surface area contributed by atoms with E-state index in [1.807, 2.05) is 34.7 Å². The Labute approximate surface area is 419 Å². The number of likely N-dealkylation sites (tertiary alicyclic amines) is 1. The maximum absolute atomic E-state index is 13.8. The molecule has 3 aliphatic heterocycles. The number of nitrogens with two attached hydrogens (primary N) is 1. The molecule has 7 amide bonds. The number of aromatic nitrogens is 4. The summed E-state index contributed by atoms with van der Waals surface area (Å²) in [6.45, 7) is 3.62. The van der Waals surface area contributed by atoms with Gasteiger partial charge in [-0.15, -0.1) is 0 Å². The number of aryl methyl sites for hydroxylation is 1. The molecule has 20 heteroatoms. The quantitative estimate of drug-likeness (QED) is 0.111. The summed E-state index contributed by atoms with van der Waals surface area (Å²) in [4.78, 5) is 91.9. The lowest BCUT2D eigenvalue weighted by atomic mass is 9.90. The lowest BCUT2D eigenvalue weighted by Gasteiger charge is -2.33. The highest BCUT2D eigenvalue weighted by Crippen LogP contribution is 2.39. The van der Waals surface area contributed by atoms with Gasteiger partial charge >= 0.3 is 12.2 Å². The first-order chi connectivity index (χ1) is 35.1. The Bertz CT molecular complexity index is 2970. The minimum Gasteiger partial charge on any atom is -0.383 e. The predicted octanol–water partition coefficient (Wildman–Crippen LogP) is 8.06. The molecule has 3 fully saturated rings. The molecule has 0 unspecified atom stereocenters. The fraction of sp³-hybridized carbons (Fsp3) is 0.415. The number of urea groups is 1. The van der Waals surface area contributed by atoms with Crippen molar-refractivity contribution < 1.29 is 41.9 Å². The van der Waals surface area contributed by atoms with Crippen LogP contribution in [-0.2, 0) is 20.6 Å². The van der Waals surface area contributed by atoms with Crippen LogP contribution in [0.5, 0.6) is 0 Å². The van der Waals surface area contributed by atoms with Gasteiger partial charge in [-0.3, -0.25) is 38.9 Å². The Kier molecular flexibility index (Phi) is 14.9. The SMILES string of the molecule is Cc1ccc(C(=O)N2CCC(CCCC(=O)N3CCC/C=C/c4cnc(N)c5c(-c6ccc(C(=O)Nc7cc(C(F)(F)F)ccn7)cc6)nn(c45)[C@@H]4CCC[C@H](C4)NC(=O)C3)CC2)cc1N1CCC(=O)NC1=O. The van der Waals surface area contributed by atoms with Crippen LogP contribution in [0.1, 0.15) is 120 Å². The first kappa shape index (κ1) is 50.3. The number of amides is 7. The molecule has 9 rings (SSSR count). The number of nitrogen functional groups attached to an aromatic ring is 1. The Morgan fingerprint density at radius 3 is 2.42 bits per heavy atom. The van der Waals surface area contributed by atoms with Crippen LogP contribution in [-0.4, -0.2) is 104 Å². The van der Waals surface area contributed by atoms with Gasteiger partial charge in [0.1, 0.15) is 17.3 Å². The Morgan fingerprint density at radius 2 is 1.66 bits per heavy atom.